The largest absolute Gasteiger partial charge is 0.492 e. The van der Waals surface area contributed by atoms with Crippen LogP contribution < -0.4 is 5.32 Å². The van der Waals surface area contributed by atoms with Crippen LogP contribution in [0.1, 0.15) is 0 Å². The number of anilines is 1. The average Bonchev–Trinajstić information content (AvgIpc) is 1.94. The van der Waals surface area contributed by atoms with Crippen LogP contribution in [-0.2, 0) is 4.79 Å². The molecule has 1 aromatic rings. The highest BCUT2D eigenvalue weighted by atomic mass is 16.3. The number of aromatic nitrogens is 1. The highest BCUT2D eigenvalue weighted by molar-refractivity contribution is 5.73. The standard InChI is InChI=1S/C6H6N2O2/c9-4-8-5-2-1-3-7-6(5)10/h1-4H,(H,7,10)(H,8,9). The van der Waals surface area contributed by atoms with Crippen molar-refractivity contribution in [2.75, 3.05) is 5.32 Å². The Kier molecular flexibility index (Phi) is 1.84. The number of pyridine rings is 1. The minimum absolute atomic E-state index is 0.172. The summed E-state index contributed by atoms with van der Waals surface area (Å²) in [6.45, 7) is 0. The molecule has 10 heavy (non-hydrogen) atoms. The lowest BCUT2D eigenvalue weighted by atomic mass is 10.4. The van der Waals surface area contributed by atoms with Crippen LogP contribution in [0.2, 0.25) is 0 Å². The van der Waals surface area contributed by atoms with Crippen molar-refractivity contribution < 1.29 is 9.90 Å². The number of aromatic hydroxyl groups is 1. The third-order valence-electron chi connectivity index (χ3n) is 1.00. The minimum atomic E-state index is -0.172. The summed E-state index contributed by atoms with van der Waals surface area (Å²) in [6, 6.07) is 3.17. The summed E-state index contributed by atoms with van der Waals surface area (Å²) in [5, 5.41) is 11.2. The number of carbonyl (C=O) groups is 1. The van der Waals surface area contributed by atoms with E-state index in [0.29, 0.717) is 12.1 Å². The molecule has 0 unspecified atom stereocenters. The summed E-state index contributed by atoms with van der Waals surface area (Å²) >= 11 is 0. The Balaban J connectivity index is 2.91. The molecule has 1 rings (SSSR count). The van der Waals surface area contributed by atoms with Gasteiger partial charge in [0.15, 0.2) is 0 Å². The van der Waals surface area contributed by atoms with E-state index in [2.05, 4.69) is 10.3 Å². The van der Waals surface area contributed by atoms with Crippen molar-refractivity contribution >= 4 is 12.1 Å². The van der Waals surface area contributed by atoms with Crippen molar-refractivity contribution in [3.63, 3.8) is 0 Å². The lowest BCUT2D eigenvalue weighted by molar-refractivity contribution is -0.105. The summed E-state index contributed by atoms with van der Waals surface area (Å²) in [5.74, 6) is -0.172. The van der Waals surface area contributed by atoms with Gasteiger partial charge in [0.05, 0.1) is 0 Å². The smallest absolute Gasteiger partial charge is 0.235 e. The molecule has 0 aromatic carbocycles. The highest BCUT2D eigenvalue weighted by Crippen LogP contribution is 2.16. The van der Waals surface area contributed by atoms with E-state index >= 15 is 0 Å². The van der Waals surface area contributed by atoms with E-state index in [1.807, 2.05) is 0 Å². The fraction of sp³-hybridized carbons (Fsp3) is 0. The lowest BCUT2D eigenvalue weighted by Gasteiger charge is -1.97. The number of hydrogen-bond acceptors (Lipinski definition) is 3. The molecule has 0 radical (unpaired) electrons. The first-order chi connectivity index (χ1) is 4.84. The van der Waals surface area contributed by atoms with Gasteiger partial charge in [-0.15, -0.1) is 0 Å². The number of amides is 1. The summed E-state index contributed by atoms with van der Waals surface area (Å²) < 4.78 is 0. The Morgan fingerprint density at radius 3 is 3.10 bits per heavy atom. The normalized spacial score (nSPS) is 8.80. The van der Waals surface area contributed by atoms with Gasteiger partial charge in [0.2, 0.25) is 12.3 Å². The second-order valence-electron chi connectivity index (χ2n) is 1.64. The Bertz CT molecular complexity index is 237. The quantitative estimate of drug-likeness (QED) is 0.580. The molecule has 1 amide bonds. The monoisotopic (exact) mass is 138 g/mol. The molecule has 0 atom stereocenters. The van der Waals surface area contributed by atoms with Crippen molar-refractivity contribution in [3.8, 4) is 5.88 Å². The van der Waals surface area contributed by atoms with Gasteiger partial charge in [0.25, 0.3) is 0 Å². The maximum absolute atomic E-state index is 9.88. The zero-order chi connectivity index (χ0) is 7.40. The predicted octanol–water partition coefficient (Wildman–Crippen LogP) is 0.355. The van der Waals surface area contributed by atoms with E-state index in [1.54, 1.807) is 12.1 Å². The van der Waals surface area contributed by atoms with Gasteiger partial charge in [0, 0.05) is 6.20 Å². The molecule has 1 heterocycles. The molecule has 0 fully saturated rings. The van der Waals surface area contributed by atoms with Crippen LogP contribution in [0, 0.1) is 0 Å². The Morgan fingerprint density at radius 2 is 2.50 bits per heavy atom. The fourth-order valence-corrected chi connectivity index (χ4v) is 0.573. The number of nitrogens with zero attached hydrogens (tertiary/aromatic N) is 1. The molecular formula is C6H6N2O2. The minimum Gasteiger partial charge on any atom is -0.492 e. The average molecular weight is 138 g/mol. The Hall–Kier alpha value is -1.58. The van der Waals surface area contributed by atoms with Gasteiger partial charge < -0.3 is 10.4 Å². The van der Waals surface area contributed by atoms with Gasteiger partial charge in [0.1, 0.15) is 5.69 Å². The molecule has 52 valence electrons. The molecule has 1 aromatic heterocycles. The molecule has 0 aliphatic carbocycles. The van der Waals surface area contributed by atoms with E-state index in [4.69, 9.17) is 5.11 Å². The van der Waals surface area contributed by atoms with Gasteiger partial charge in [-0.2, -0.15) is 0 Å². The van der Waals surface area contributed by atoms with Gasteiger partial charge in [-0.3, -0.25) is 4.79 Å². The molecule has 0 aliphatic rings. The number of carbonyl (C=O) groups excluding carboxylic acids is 1. The molecule has 4 heteroatoms. The van der Waals surface area contributed by atoms with Crippen LogP contribution in [0.3, 0.4) is 0 Å². The first kappa shape index (κ1) is 6.54. The lowest BCUT2D eigenvalue weighted by Crippen LogP contribution is -1.94. The van der Waals surface area contributed by atoms with Crippen LogP contribution in [0.5, 0.6) is 5.88 Å². The fourth-order valence-electron chi connectivity index (χ4n) is 0.573. The third kappa shape index (κ3) is 1.22. The highest BCUT2D eigenvalue weighted by Gasteiger charge is 1.96. The first-order valence-electron chi connectivity index (χ1n) is 2.69. The van der Waals surface area contributed by atoms with E-state index < -0.39 is 0 Å². The zero-order valence-electron chi connectivity index (χ0n) is 5.11. The van der Waals surface area contributed by atoms with Crippen LogP contribution in [-0.4, -0.2) is 16.5 Å². The molecule has 2 N–H and O–H groups in total. The molecule has 0 aliphatic heterocycles. The van der Waals surface area contributed by atoms with E-state index in [9.17, 15) is 4.79 Å². The van der Waals surface area contributed by atoms with Crippen molar-refractivity contribution in [1.82, 2.24) is 4.98 Å². The molecule has 0 saturated heterocycles. The molecular weight excluding hydrogens is 132 g/mol. The summed E-state index contributed by atoms with van der Waals surface area (Å²) in [4.78, 5) is 13.4. The Labute approximate surface area is 57.5 Å². The third-order valence-corrected chi connectivity index (χ3v) is 1.00. The van der Waals surface area contributed by atoms with E-state index in [1.165, 1.54) is 6.20 Å². The summed E-state index contributed by atoms with van der Waals surface area (Å²) in [6.07, 6.45) is 1.92. The van der Waals surface area contributed by atoms with Gasteiger partial charge in [-0.1, -0.05) is 0 Å². The van der Waals surface area contributed by atoms with Gasteiger partial charge >= 0.3 is 0 Å². The van der Waals surface area contributed by atoms with Crippen molar-refractivity contribution in [2.24, 2.45) is 0 Å². The summed E-state index contributed by atoms with van der Waals surface area (Å²) in [7, 11) is 0. The number of rotatable bonds is 2. The van der Waals surface area contributed by atoms with Crippen molar-refractivity contribution in [3.05, 3.63) is 18.3 Å². The van der Waals surface area contributed by atoms with Crippen molar-refractivity contribution in [2.45, 2.75) is 0 Å². The second-order valence-corrected chi connectivity index (χ2v) is 1.64. The van der Waals surface area contributed by atoms with E-state index in [-0.39, 0.29) is 5.88 Å². The van der Waals surface area contributed by atoms with Crippen LogP contribution in [0.15, 0.2) is 18.3 Å². The number of nitrogens with one attached hydrogen (secondary N) is 1. The molecule has 4 nitrogen and oxygen atoms in total. The van der Waals surface area contributed by atoms with Crippen LogP contribution in [0.25, 0.3) is 0 Å². The maximum atomic E-state index is 9.88. The number of hydrogen-bond donors (Lipinski definition) is 2. The first-order valence-corrected chi connectivity index (χ1v) is 2.69. The van der Waals surface area contributed by atoms with Crippen LogP contribution >= 0.6 is 0 Å². The molecule has 0 bridgehead atoms. The second kappa shape index (κ2) is 2.82. The Morgan fingerprint density at radius 1 is 1.70 bits per heavy atom. The zero-order valence-corrected chi connectivity index (χ0v) is 5.11. The summed E-state index contributed by atoms with van der Waals surface area (Å²) in [5.41, 5.74) is 0.317. The van der Waals surface area contributed by atoms with Crippen LogP contribution in [0.4, 0.5) is 5.69 Å². The van der Waals surface area contributed by atoms with E-state index in [0.717, 1.165) is 0 Å². The predicted molar refractivity (Wildman–Crippen MR) is 35.6 cm³/mol. The van der Waals surface area contributed by atoms with Gasteiger partial charge in [-0.25, -0.2) is 4.98 Å². The molecule has 0 spiro atoms. The van der Waals surface area contributed by atoms with Gasteiger partial charge in [-0.05, 0) is 12.1 Å². The topological polar surface area (TPSA) is 62.2 Å². The maximum Gasteiger partial charge on any atom is 0.235 e. The van der Waals surface area contributed by atoms with Crippen molar-refractivity contribution in [1.29, 1.82) is 0 Å². The molecule has 0 saturated carbocycles. The SMILES string of the molecule is O=CNc1cccnc1O.